The number of aliphatic hydroxyl groups excluding tert-OH is 1. The molecule has 134 valence electrons. The number of aliphatic hydroxyl groups is 1. The third-order valence-corrected chi connectivity index (χ3v) is 5.66. The van der Waals surface area contributed by atoms with Gasteiger partial charge in [0.15, 0.2) is 0 Å². The van der Waals surface area contributed by atoms with Gasteiger partial charge in [0, 0.05) is 11.3 Å². The van der Waals surface area contributed by atoms with Gasteiger partial charge in [-0.25, -0.2) is 4.79 Å². The highest BCUT2D eigenvalue weighted by molar-refractivity contribution is 8.00. The molecule has 0 aliphatic heterocycles. The first-order valence-corrected chi connectivity index (χ1v) is 9.85. The summed E-state index contributed by atoms with van der Waals surface area (Å²) in [5.41, 5.74) is 1.61. The van der Waals surface area contributed by atoms with Gasteiger partial charge in [-0.2, -0.15) is 4.98 Å². The number of carbonyl (C=O) groups is 1. The average Bonchev–Trinajstić information content (AvgIpc) is 3.00. The van der Waals surface area contributed by atoms with Crippen LogP contribution in [0.1, 0.15) is 29.1 Å². The molecule has 3 rings (SSSR count). The van der Waals surface area contributed by atoms with E-state index in [1.54, 1.807) is 4.57 Å². The van der Waals surface area contributed by atoms with E-state index in [1.165, 1.54) is 23.1 Å². The highest BCUT2D eigenvalue weighted by Crippen LogP contribution is 2.28. The Morgan fingerprint density at radius 2 is 2.16 bits per heavy atom. The molecule has 2 aromatic heterocycles. The molecule has 0 unspecified atom stereocenters. The minimum atomic E-state index is -0.364. The van der Waals surface area contributed by atoms with Gasteiger partial charge in [-0.05, 0) is 32.6 Å². The number of aryl methyl sites for hydroxylation is 1. The fourth-order valence-corrected chi connectivity index (χ4v) is 4.32. The molecule has 0 atom stereocenters. The number of nitrogens with one attached hydrogen (secondary N) is 1. The van der Waals surface area contributed by atoms with E-state index in [-0.39, 0.29) is 30.5 Å². The number of thioether (sulfide) groups is 1. The second-order valence-electron chi connectivity index (χ2n) is 5.67. The Morgan fingerprint density at radius 1 is 1.36 bits per heavy atom. The van der Waals surface area contributed by atoms with E-state index in [1.807, 2.05) is 6.92 Å². The largest absolute Gasteiger partial charge is 0.395 e. The van der Waals surface area contributed by atoms with Crippen molar-refractivity contribution in [1.29, 1.82) is 0 Å². The van der Waals surface area contributed by atoms with Crippen LogP contribution in [0.5, 0.6) is 0 Å². The summed E-state index contributed by atoms with van der Waals surface area (Å²) in [5.74, 6) is -0.0475. The summed E-state index contributed by atoms with van der Waals surface area (Å²) in [6.07, 6.45) is 3.70. The Labute approximate surface area is 152 Å². The summed E-state index contributed by atoms with van der Waals surface area (Å²) in [4.78, 5) is 28.5. The molecule has 0 saturated heterocycles. The van der Waals surface area contributed by atoms with Gasteiger partial charge in [0.2, 0.25) is 11.0 Å². The second-order valence-corrected chi connectivity index (χ2v) is 7.82. The zero-order chi connectivity index (χ0) is 17.8. The molecule has 25 heavy (non-hydrogen) atoms. The number of fused-ring (bicyclic) bond motifs is 1. The van der Waals surface area contributed by atoms with Crippen molar-refractivity contribution in [3.8, 4) is 0 Å². The van der Waals surface area contributed by atoms with Crippen LogP contribution in [0.2, 0.25) is 0 Å². The smallest absolute Gasteiger partial charge is 0.348 e. The Morgan fingerprint density at radius 3 is 2.88 bits per heavy atom. The Hall–Kier alpha value is -1.78. The lowest BCUT2D eigenvalue weighted by Crippen LogP contribution is -2.31. The number of carbonyl (C=O) groups excluding carboxylic acids is 1. The Bertz CT molecular complexity index is 833. The Kier molecular flexibility index (Phi) is 5.82. The molecule has 10 heteroatoms. The lowest BCUT2D eigenvalue weighted by molar-refractivity contribution is -0.113. The van der Waals surface area contributed by atoms with Crippen molar-refractivity contribution in [3.05, 3.63) is 26.7 Å². The molecule has 0 bridgehead atoms. The van der Waals surface area contributed by atoms with Gasteiger partial charge in [-0.15, -0.1) is 10.2 Å². The van der Waals surface area contributed by atoms with Crippen LogP contribution in [0, 0.1) is 6.92 Å². The van der Waals surface area contributed by atoms with E-state index >= 15 is 0 Å². The van der Waals surface area contributed by atoms with E-state index in [2.05, 4.69) is 20.5 Å². The number of hydrogen-bond donors (Lipinski definition) is 2. The summed E-state index contributed by atoms with van der Waals surface area (Å²) in [5, 5.41) is 21.5. The van der Waals surface area contributed by atoms with Crippen LogP contribution < -0.4 is 11.0 Å². The first kappa shape index (κ1) is 18.0. The van der Waals surface area contributed by atoms with Crippen LogP contribution in [0.4, 0.5) is 5.13 Å². The fraction of sp³-hybridized carbons (Fsp3) is 0.533. The summed E-state index contributed by atoms with van der Waals surface area (Å²) in [6.45, 7) is 1.99. The highest BCUT2D eigenvalue weighted by Gasteiger charge is 2.21. The molecule has 2 heterocycles. The van der Waals surface area contributed by atoms with Crippen molar-refractivity contribution in [1.82, 2.24) is 19.7 Å². The minimum absolute atomic E-state index is 0.0931. The number of hydrogen-bond acceptors (Lipinski definition) is 8. The van der Waals surface area contributed by atoms with Gasteiger partial charge in [0.05, 0.1) is 18.9 Å². The predicted molar refractivity (Wildman–Crippen MR) is 96.2 cm³/mol. The fourth-order valence-electron chi connectivity index (χ4n) is 2.83. The molecule has 0 radical (unpaired) electrons. The van der Waals surface area contributed by atoms with Gasteiger partial charge in [0.25, 0.3) is 0 Å². The molecule has 0 fully saturated rings. The standard InChI is InChI=1S/C15H19N5O3S2/c1-9-18-19-14(25-9)16-12(22)8-24-13-10-4-2-3-5-11(10)20(6-7-21)15(23)17-13/h21H,2-8H2,1H3,(H,16,19,22). The zero-order valence-corrected chi connectivity index (χ0v) is 15.5. The molecule has 1 aliphatic carbocycles. The van der Waals surface area contributed by atoms with E-state index in [0.29, 0.717) is 10.2 Å². The number of amides is 1. The average molecular weight is 381 g/mol. The maximum Gasteiger partial charge on any atom is 0.348 e. The first-order chi connectivity index (χ1) is 12.1. The van der Waals surface area contributed by atoms with Crippen molar-refractivity contribution in [2.45, 2.75) is 44.2 Å². The summed E-state index contributed by atoms with van der Waals surface area (Å²) >= 11 is 2.58. The van der Waals surface area contributed by atoms with Crippen LogP contribution in [0.3, 0.4) is 0 Å². The molecule has 1 amide bonds. The molecule has 0 aromatic carbocycles. The summed E-state index contributed by atoms with van der Waals surface area (Å²) < 4.78 is 1.56. The van der Waals surface area contributed by atoms with Gasteiger partial charge < -0.3 is 5.11 Å². The maximum atomic E-state index is 12.3. The summed E-state index contributed by atoms with van der Waals surface area (Å²) in [7, 11) is 0. The van der Waals surface area contributed by atoms with Crippen molar-refractivity contribution < 1.29 is 9.90 Å². The van der Waals surface area contributed by atoms with E-state index in [0.717, 1.165) is 41.9 Å². The number of anilines is 1. The van der Waals surface area contributed by atoms with Gasteiger partial charge in [-0.3, -0.25) is 14.7 Å². The number of aromatic nitrogens is 4. The first-order valence-electron chi connectivity index (χ1n) is 8.04. The Balaban J connectivity index is 1.75. The van der Waals surface area contributed by atoms with Crippen LogP contribution in [0.15, 0.2) is 9.82 Å². The van der Waals surface area contributed by atoms with E-state index in [4.69, 9.17) is 0 Å². The highest BCUT2D eigenvalue weighted by atomic mass is 32.2. The molecule has 1 aliphatic rings. The maximum absolute atomic E-state index is 12.3. The molecular weight excluding hydrogens is 362 g/mol. The number of nitrogens with zero attached hydrogens (tertiary/aromatic N) is 4. The lowest BCUT2D eigenvalue weighted by Gasteiger charge is -2.22. The van der Waals surface area contributed by atoms with E-state index < -0.39 is 0 Å². The summed E-state index contributed by atoms with van der Waals surface area (Å²) in [6, 6.07) is 0. The SMILES string of the molecule is Cc1nnc(NC(=O)CSc2nc(=O)n(CCO)c3c2CCCC3)s1. The number of rotatable bonds is 6. The van der Waals surface area contributed by atoms with Crippen LogP contribution in [0.25, 0.3) is 0 Å². The van der Waals surface area contributed by atoms with Crippen LogP contribution >= 0.6 is 23.1 Å². The normalized spacial score (nSPS) is 13.5. The van der Waals surface area contributed by atoms with Crippen LogP contribution in [-0.2, 0) is 24.2 Å². The van der Waals surface area contributed by atoms with Crippen molar-refractivity contribution >= 4 is 34.1 Å². The molecule has 0 spiro atoms. The van der Waals surface area contributed by atoms with E-state index in [9.17, 15) is 14.7 Å². The van der Waals surface area contributed by atoms with Gasteiger partial charge in [0.1, 0.15) is 10.0 Å². The van der Waals surface area contributed by atoms with Crippen molar-refractivity contribution in [2.24, 2.45) is 0 Å². The topological polar surface area (TPSA) is 110 Å². The zero-order valence-electron chi connectivity index (χ0n) is 13.8. The minimum Gasteiger partial charge on any atom is -0.395 e. The third-order valence-electron chi connectivity index (χ3n) is 3.89. The molecular formula is C15H19N5O3S2. The predicted octanol–water partition coefficient (Wildman–Crippen LogP) is 1.01. The van der Waals surface area contributed by atoms with Crippen molar-refractivity contribution in [3.63, 3.8) is 0 Å². The van der Waals surface area contributed by atoms with Gasteiger partial charge >= 0.3 is 5.69 Å². The monoisotopic (exact) mass is 381 g/mol. The lowest BCUT2D eigenvalue weighted by atomic mass is 9.97. The molecule has 0 saturated carbocycles. The van der Waals surface area contributed by atoms with Crippen molar-refractivity contribution in [2.75, 3.05) is 17.7 Å². The van der Waals surface area contributed by atoms with Crippen LogP contribution in [-0.4, -0.2) is 43.1 Å². The second kappa shape index (κ2) is 8.07. The molecule has 2 aromatic rings. The molecule has 2 N–H and O–H groups in total. The van der Waals surface area contributed by atoms with Gasteiger partial charge in [-0.1, -0.05) is 23.1 Å². The quantitative estimate of drug-likeness (QED) is 0.567. The third kappa shape index (κ3) is 4.25. The molecule has 8 nitrogen and oxygen atoms in total.